The Hall–Kier alpha value is -2.20. The van der Waals surface area contributed by atoms with Crippen molar-refractivity contribution < 1.29 is 19.4 Å². The summed E-state index contributed by atoms with van der Waals surface area (Å²) in [6.07, 6.45) is 0. The lowest BCUT2D eigenvalue weighted by atomic mass is 10.1. The van der Waals surface area contributed by atoms with E-state index in [-0.39, 0.29) is 23.7 Å². The second kappa shape index (κ2) is 6.30. The van der Waals surface area contributed by atoms with Gasteiger partial charge in [-0.05, 0) is 29.8 Å². The SMILES string of the molecule is COc1cccc(OCc2cccc(Cl)c2)c1C(=O)O. The van der Waals surface area contributed by atoms with Gasteiger partial charge in [-0.15, -0.1) is 0 Å². The summed E-state index contributed by atoms with van der Waals surface area (Å²) in [5, 5.41) is 9.84. The molecule has 0 aromatic heterocycles. The van der Waals surface area contributed by atoms with Crippen LogP contribution in [-0.2, 0) is 6.61 Å². The number of ether oxygens (including phenoxy) is 2. The number of carbonyl (C=O) groups is 1. The molecule has 0 radical (unpaired) electrons. The summed E-state index contributed by atoms with van der Waals surface area (Å²) in [4.78, 5) is 11.3. The molecule has 2 rings (SSSR count). The number of halogens is 1. The van der Waals surface area contributed by atoms with Crippen molar-refractivity contribution in [1.29, 1.82) is 0 Å². The van der Waals surface area contributed by atoms with Gasteiger partial charge in [0.25, 0.3) is 0 Å². The molecular formula is C15H13ClO4. The molecule has 0 aliphatic rings. The van der Waals surface area contributed by atoms with Crippen LogP contribution in [0.4, 0.5) is 0 Å². The van der Waals surface area contributed by atoms with Crippen molar-refractivity contribution in [3.8, 4) is 11.5 Å². The maximum atomic E-state index is 11.3. The van der Waals surface area contributed by atoms with Gasteiger partial charge in [-0.25, -0.2) is 4.79 Å². The fourth-order valence-electron chi connectivity index (χ4n) is 1.80. The Morgan fingerprint density at radius 1 is 1.20 bits per heavy atom. The lowest BCUT2D eigenvalue weighted by Crippen LogP contribution is -2.05. The van der Waals surface area contributed by atoms with E-state index in [1.165, 1.54) is 7.11 Å². The van der Waals surface area contributed by atoms with Gasteiger partial charge < -0.3 is 14.6 Å². The lowest BCUT2D eigenvalue weighted by Gasteiger charge is -2.12. The van der Waals surface area contributed by atoms with E-state index >= 15 is 0 Å². The zero-order chi connectivity index (χ0) is 14.5. The van der Waals surface area contributed by atoms with E-state index in [2.05, 4.69) is 0 Å². The highest BCUT2D eigenvalue weighted by Crippen LogP contribution is 2.29. The molecule has 0 bridgehead atoms. The van der Waals surface area contributed by atoms with Crippen LogP contribution in [0.1, 0.15) is 15.9 Å². The minimum absolute atomic E-state index is 0.0111. The summed E-state index contributed by atoms with van der Waals surface area (Å²) in [6.45, 7) is 0.230. The highest BCUT2D eigenvalue weighted by atomic mass is 35.5. The van der Waals surface area contributed by atoms with Crippen LogP contribution in [0.15, 0.2) is 42.5 Å². The minimum atomic E-state index is -1.09. The Kier molecular flexibility index (Phi) is 4.48. The fourth-order valence-corrected chi connectivity index (χ4v) is 2.01. The van der Waals surface area contributed by atoms with Crippen LogP contribution in [0.3, 0.4) is 0 Å². The summed E-state index contributed by atoms with van der Waals surface area (Å²) < 4.78 is 10.6. The van der Waals surface area contributed by atoms with E-state index in [0.29, 0.717) is 5.02 Å². The molecule has 0 heterocycles. The number of hydrogen-bond acceptors (Lipinski definition) is 3. The largest absolute Gasteiger partial charge is 0.496 e. The monoisotopic (exact) mass is 292 g/mol. The van der Waals surface area contributed by atoms with Gasteiger partial charge >= 0.3 is 5.97 Å². The Balaban J connectivity index is 2.23. The van der Waals surface area contributed by atoms with Crippen LogP contribution in [-0.4, -0.2) is 18.2 Å². The van der Waals surface area contributed by atoms with Crippen LogP contribution >= 0.6 is 11.6 Å². The zero-order valence-corrected chi connectivity index (χ0v) is 11.6. The van der Waals surface area contributed by atoms with Gasteiger partial charge in [0.1, 0.15) is 23.7 Å². The number of methoxy groups -OCH3 is 1. The van der Waals surface area contributed by atoms with Crippen LogP contribution in [0.5, 0.6) is 11.5 Å². The molecular weight excluding hydrogens is 280 g/mol. The standard InChI is InChI=1S/C15H13ClO4/c1-19-12-6-3-7-13(14(12)15(17)18)20-9-10-4-2-5-11(16)8-10/h2-8H,9H2,1H3,(H,17,18). The normalized spacial score (nSPS) is 10.1. The molecule has 0 saturated heterocycles. The van der Waals surface area contributed by atoms with Crippen molar-refractivity contribution in [2.45, 2.75) is 6.61 Å². The number of benzene rings is 2. The molecule has 0 spiro atoms. The molecule has 5 heteroatoms. The first-order valence-corrected chi connectivity index (χ1v) is 6.27. The number of carboxylic acids is 1. The van der Waals surface area contributed by atoms with E-state index in [0.717, 1.165) is 5.56 Å². The van der Waals surface area contributed by atoms with E-state index in [9.17, 15) is 9.90 Å². The predicted molar refractivity (Wildman–Crippen MR) is 75.7 cm³/mol. The second-order valence-corrected chi connectivity index (χ2v) is 4.49. The molecule has 1 N–H and O–H groups in total. The number of hydrogen-bond donors (Lipinski definition) is 1. The molecule has 0 saturated carbocycles. The second-order valence-electron chi connectivity index (χ2n) is 4.06. The maximum Gasteiger partial charge on any atom is 0.343 e. The van der Waals surface area contributed by atoms with E-state index in [1.54, 1.807) is 30.3 Å². The summed E-state index contributed by atoms with van der Waals surface area (Å²) >= 11 is 5.89. The molecule has 0 aliphatic carbocycles. The van der Waals surface area contributed by atoms with E-state index < -0.39 is 5.97 Å². The van der Waals surface area contributed by atoms with Crippen LogP contribution in [0.2, 0.25) is 5.02 Å². The molecule has 0 amide bonds. The Labute approximate surface area is 121 Å². The molecule has 0 fully saturated rings. The Morgan fingerprint density at radius 2 is 1.90 bits per heavy atom. The van der Waals surface area contributed by atoms with Gasteiger partial charge in [0, 0.05) is 5.02 Å². The smallest absolute Gasteiger partial charge is 0.343 e. The molecule has 2 aromatic rings. The van der Waals surface area contributed by atoms with Crippen molar-refractivity contribution in [3.05, 3.63) is 58.6 Å². The third-order valence-electron chi connectivity index (χ3n) is 2.71. The van der Waals surface area contributed by atoms with Crippen LogP contribution in [0, 0.1) is 0 Å². The van der Waals surface area contributed by atoms with Gasteiger partial charge in [0.05, 0.1) is 7.11 Å². The molecule has 20 heavy (non-hydrogen) atoms. The van der Waals surface area contributed by atoms with E-state index in [1.807, 2.05) is 12.1 Å². The van der Waals surface area contributed by atoms with Crippen molar-refractivity contribution in [2.24, 2.45) is 0 Å². The third kappa shape index (κ3) is 3.22. The van der Waals surface area contributed by atoms with Crippen LogP contribution in [0.25, 0.3) is 0 Å². The molecule has 0 atom stereocenters. The molecule has 104 valence electrons. The number of carboxylic acid groups (broad SMARTS) is 1. The van der Waals surface area contributed by atoms with E-state index in [4.69, 9.17) is 21.1 Å². The summed E-state index contributed by atoms with van der Waals surface area (Å²) in [5.41, 5.74) is 0.869. The maximum absolute atomic E-state index is 11.3. The third-order valence-corrected chi connectivity index (χ3v) is 2.94. The Bertz CT molecular complexity index is 625. The van der Waals surface area contributed by atoms with Crippen LogP contribution < -0.4 is 9.47 Å². The highest BCUT2D eigenvalue weighted by molar-refractivity contribution is 6.30. The topological polar surface area (TPSA) is 55.8 Å². The first kappa shape index (κ1) is 14.2. The van der Waals surface area contributed by atoms with Crippen molar-refractivity contribution in [2.75, 3.05) is 7.11 Å². The fraction of sp³-hybridized carbons (Fsp3) is 0.133. The molecule has 4 nitrogen and oxygen atoms in total. The first-order valence-electron chi connectivity index (χ1n) is 5.89. The lowest BCUT2D eigenvalue weighted by molar-refractivity contribution is 0.0688. The quantitative estimate of drug-likeness (QED) is 0.914. The summed E-state index contributed by atoms with van der Waals surface area (Å²) in [7, 11) is 1.42. The number of rotatable bonds is 5. The number of aromatic carboxylic acids is 1. The van der Waals surface area contributed by atoms with Crippen molar-refractivity contribution in [3.63, 3.8) is 0 Å². The summed E-state index contributed by atoms with van der Waals surface area (Å²) in [5.74, 6) is -0.568. The van der Waals surface area contributed by atoms with Gasteiger partial charge in [-0.2, -0.15) is 0 Å². The highest BCUT2D eigenvalue weighted by Gasteiger charge is 2.17. The molecule has 0 aliphatic heterocycles. The van der Waals surface area contributed by atoms with Crippen molar-refractivity contribution in [1.82, 2.24) is 0 Å². The molecule has 2 aromatic carbocycles. The minimum Gasteiger partial charge on any atom is -0.496 e. The molecule has 0 unspecified atom stereocenters. The Morgan fingerprint density at radius 3 is 2.55 bits per heavy atom. The first-order chi connectivity index (χ1) is 9.61. The summed E-state index contributed by atoms with van der Waals surface area (Å²) in [6, 6.07) is 12.0. The van der Waals surface area contributed by atoms with Gasteiger partial charge in [-0.1, -0.05) is 29.8 Å². The van der Waals surface area contributed by atoms with Gasteiger partial charge in [0.15, 0.2) is 0 Å². The van der Waals surface area contributed by atoms with Crippen molar-refractivity contribution >= 4 is 17.6 Å². The average molecular weight is 293 g/mol. The predicted octanol–water partition coefficient (Wildman–Crippen LogP) is 3.63. The van der Waals surface area contributed by atoms with Gasteiger partial charge in [-0.3, -0.25) is 0 Å². The van der Waals surface area contributed by atoms with Gasteiger partial charge in [0.2, 0.25) is 0 Å². The zero-order valence-electron chi connectivity index (χ0n) is 10.8. The average Bonchev–Trinajstić information content (AvgIpc) is 2.44.